The van der Waals surface area contributed by atoms with Crippen LogP contribution in [0.1, 0.15) is 18.5 Å². The molecular weight excluding hydrogens is 183 g/mol. The molecule has 0 fully saturated rings. The molecule has 1 aliphatic heterocycles. The van der Waals surface area contributed by atoms with Crippen LogP contribution in [-0.4, -0.2) is 24.7 Å². The molecule has 0 saturated carbocycles. The number of hydrogen-bond donors (Lipinski definition) is 1. The Balaban J connectivity index is 2.33. The van der Waals surface area contributed by atoms with Gasteiger partial charge in [-0.05, 0) is 14.0 Å². The van der Waals surface area contributed by atoms with Crippen LogP contribution in [0.25, 0.3) is 0 Å². The molecule has 2 atom stereocenters. The Morgan fingerprint density at radius 3 is 3.14 bits per heavy atom. The molecule has 2 rings (SSSR count). The highest BCUT2D eigenvalue weighted by Gasteiger charge is 2.32. The molecular formula is C10H13FN2O. The molecule has 0 bridgehead atoms. The van der Waals surface area contributed by atoms with E-state index in [1.54, 1.807) is 0 Å². The number of halogens is 1. The van der Waals surface area contributed by atoms with Crippen molar-refractivity contribution in [1.29, 1.82) is 0 Å². The maximum Gasteiger partial charge on any atom is 0.145 e. The average Bonchev–Trinajstić information content (AvgIpc) is 2.43. The molecule has 0 aromatic carbocycles. The summed E-state index contributed by atoms with van der Waals surface area (Å²) >= 11 is 0. The Bertz CT molecular complexity index is 343. The van der Waals surface area contributed by atoms with Gasteiger partial charge in [0.25, 0.3) is 0 Å². The summed E-state index contributed by atoms with van der Waals surface area (Å²) < 4.78 is 18.4. The SMILES string of the molecule is CNC[C@H]1c2ncc(F)cc2O[C@@H]1C. The normalized spacial score (nSPS) is 24.5. The third-order valence-electron chi connectivity index (χ3n) is 2.50. The first-order chi connectivity index (χ1) is 6.72. The van der Waals surface area contributed by atoms with E-state index in [2.05, 4.69) is 10.3 Å². The first-order valence-electron chi connectivity index (χ1n) is 4.69. The van der Waals surface area contributed by atoms with E-state index in [-0.39, 0.29) is 17.8 Å². The van der Waals surface area contributed by atoms with Crippen LogP contribution >= 0.6 is 0 Å². The van der Waals surface area contributed by atoms with E-state index in [0.29, 0.717) is 5.75 Å². The maximum atomic E-state index is 12.8. The van der Waals surface area contributed by atoms with Crippen LogP contribution < -0.4 is 10.1 Å². The number of fused-ring (bicyclic) bond motifs is 1. The second-order valence-corrected chi connectivity index (χ2v) is 3.52. The summed E-state index contributed by atoms with van der Waals surface area (Å²) in [5.74, 6) is 0.453. The van der Waals surface area contributed by atoms with Gasteiger partial charge in [-0.15, -0.1) is 0 Å². The summed E-state index contributed by atoms with van der Waals surface area (Å²) in [6.07, 6.45) is 1.30. The van der Waals surface area contributed by atoms with Crippen LogP contribution in [0.4, 0.5) is 4.39 Å². The number of nitrogens with one attached hydrogen (secondary N) is 1. The van der Waals surface area contributed by atoms with Crippen molar-refractivity contribution in [3.63, 3.8) is 0 Å². The molecule has 0 unspecified atom stereocenters. The second-order valence-electron chi connectivity index (χ2n) is 3.52. The zero-order valence-electron chi connectivity index (χ0n) is 8.25. The molecule has 14 heavy (non-hydrogen) atoms. The largest absolute Gasteiger partial charge is 0.488 e. The lowest BCUT2D eigenvalue weighted by Gasteiger charge is -2.12. The highest BCUT2D eigenvalue weighted by atomic mass is 19.1. The lowest BCUT2D eigenvalue weighted by molar-refractivity contribution is 0.224. The monoisotopic (exact) mass is 196 g/mol. The van der Waals surface area contributed by atoms with Gasteiger partial charge in [0.05, 0.1) is 17.8 Å². The van der Waals surface area contributed by atoms with Crippen molar-refractivity contribution in [3.8, 4) is 5.75 Å². The quantitative estimate of drug-likeness (QED) is 0.774. The Hall–Kier alpha value is -1.16. The van der Waals surface area contributed by atoms with Gasteiger partial charge in [0.2, 0.25) is 0 Å². The van der Waals surface area contributed by atoms with E-state index in [0.717, 1.165) is 12.2 Å². The van der Waals surface area contributed by atoms with E-state index >= 15 is 0 Å². The minimum atomic E-state index is -0.346. The fraction of sp³-hybridized carbons (Fsp3) is 0.500. The summed E-state index contributed by atoms with van der Waals surface area (Å²) in [6, 6.07) is 1.40. The first kappa shape index (κ1) is 9.40. The van der Waals surface area contributed by atoms with Crippen LogP contribution in [0.2, 0.25) is 0 Å². The predicted octanol–water partition coefficient (Wildman–Crippen LogP) is 1.30. The van der Waals surface area contributed by atoms with Gasteiger partial charge >= 0.3 is 0 Å². The van der Waals surface area contributed by atoms with Crippen molar-refractivity contribution in [3.05, 3.63) is 23.8 Å². The smallest absolute Gasteiger partial charge is 0.145 e. The van der Waals surface area contributed by atoms with Gasteiger partial charge in [-0.3, -0.25) is 4.98 Å². The van der Waals surface area contributed by atoms with E-state index in [4.69, 9.17) is 4.74 Å². The number of likely N-dealkylation sites (N-methyl/N-ethyl adjacent to an activating group) is 1. The number of rotatable bonds is 2. The molecule has 1 aromatic rings. The van der Waals surface area contributed by atoms with E-state index in [1.807, 2.05) is 14.0 Å². The van der Waals surface area contributed by atoms with Gasteiger partial charge in [0.1, 0.15) is 17.7 Å². The molecule has 0 aliphatic carbocycles. The van der Waals surface area contributed by atoms with Crippen LogP contribution in [0.3, 0.4) is 0 Å². The van der Waals surface area contributed by atoms with Gasteiger partial charge in [-0.2, -0.15) is 0 Å². The molecule has 1 N–H and O–H groups in total. The summed E-state index contributed by atoms with van der Waals surface area (Å²) in [5, 5.41) is 3.08. The Labute approximate surface area is 82.3 Å². The molecule has 1 aromatic heterocycles. The molecule has 3 nitrogen and oxygen atoms in total. The Morgan fingerprint density at radius 2 is 2.43 bits per heavy atom. The molecule has 4 heteroatoms. The molecule has 0 saturated heterocycles. The van der Waals surface area contributed by atoms with Gasteiger partial charge in [-0.1, -0.05) is 0 Å². The number of ether oxygens (including phenoxy) is 1. The maximum absolute atomic E-state index is 12.8. The molecule has 0 radical (unpaired) electrons. The Kier molecular flexibility index (Phi) is 2.37. The van der Waals surface area contributed by atoms with Gasteiger partial charge in [-0.25, -0.2) is 4.39 Å². The van der Waals surface area contributed by atoms with Crippen LogP contribution in [-0.2, 0) is 0 Å². The fourth-order valence-corrected chi connectivity index (χ4v) is 1.79. The van der Waals surface area contributed by atoms with E-state index < -0.39 is 0 Å². The molecule has 0 spiro atoms. The zero-order valence-corrected chi connectivity index (χ0v) is 8.25. The number of hydrogen-bond acceptors (Lipinski definition) is 3. The van der Waals surface area contributed by atoms with Gasteiger partial charge in [0, 0.05) is 12.6 Å². The average molecular weight is 196 g/mol. The summed E-state index contributed by atoms with van der Waals surface area (Å²) in [4.78, 5) is 4.07. The second kappa shape index (κ2) is 3.53. The topological polar surface area (TPSA) is 34.2 Å². The first-order valence-corrected chi connectivity index (χ1v) is 4.69. The molecule has 0 amide bonds. The van der Waals surface area contributed by atoms with Crippen LogP contribution in [0.5, 0.6) is 5.75 Å². The van der Waals surface area contributed by atoms with Crippen molar-refractivity contribution in [2.45, 2.75) is 18.9 Å². The Morgan fingerprint density at radius 1 is 1.64 bits per heavy atom. The standard InChI is InChI=1S/C10H13FN2O/c1-6-8(5-12-2)10-9(14-6)3-7(11)4-13-10/h3-4,6,8,12H,5H2,1-2H3/t6-,8-/m1/s1. The third kappa shape index (κ3) is 1.46. The van der Waals surface area contributed by atoms with Crippen molar-refractivity contribution < 1.29 is 9.13 Å². The van der Waals surface area contributed by atoms with Crippen molar-refractivity contribution in [2.75, 3.05) is 13.6 Å². The molecule has 1 aliphatic rings. The van der Waals surface area contributed by atoms with E-state index in [9.17, 15) is 4.39 Å². The van der Waals surface area contributed by atoms with Gasteiger partial charge < -0.3 is 10.1 Å². The van der Waals surface area contributed by atoms with Crippen molar-refractivity contribution in [2.24, 2.45) is 0 Å². The van der Waals surface area contributed by atoms with Crippen molar-refractivity contribution >= 4 is 0 Å². The van der Waals surface area contributed by atoms with Crippen molar-refractivity contribution in [1.82, 2.24) is 10.3 Å². The predicted molar refractivity (Wildman–Crippen MR) is 51.0 cm³/mol. The summed E-state index contributed by atoms with van der Waals surface area (Å²) in [5.41, 5.74) is 0.855. The third-order valence-corrected chi connectivity index (χ3v) is 2.50. The van der Waals surface area contributed by atoms with Crippen LogP contribution in [0.15, 0.2) is 12.3 Å². The highest BCUT2D eigenvalue weighted by molar-refractivity contribution is 5.35. The number of aromatic nitrogens is 1. The minimum Gasteiger partial charge on any atom is -0.488 e. The highest BCUT2D eigenvalue weighted by Crippen LogP contribution is 2.36. The van der Waals surface area contributed by atoms with E-state index in [1.165, 1.54) is 12.3 Å². The number of nitrogens with zero attached hydrogens (tertiary/aromatic N) is 1. The van der Waals surface area contributed by atoms with Crippen LogP contribution in [0, 0.1) is 5.82 Å². The fourth-order valence-electron chi connectivity index (χ4n) is 1.79. The lowest BCUT2D eigenvalue weighted by Crippen LogP contribution is -2.24. The lowest BCUT2D eigenvalue weighted by atomic mass is 10.0. The zero-order chi connectivity index (χ0) is 10.1. The molecule has 2 heterocycles. The van der Waals surface area contributed by atoms with Gasteiger partial charge in [0.15, 0.2) is 0 Å². The molecule has 76 valence electrons. The number of pyridine rings is 1. The summed E-state index contributed by atoms with van der Waals surface area (Å²) in [6.45, 7) is 2.77. The summed E-state index contributed by atoms with van der Waals surface area (Å²) in [7, 11) is 1.88. The minimum absolute atomic E-state index is 0.0618.